The van der Waals surface area contributed by atoms with Gasteiger partial charge in [-0.3, -0.25) is 9.88 Å². The van der Waals surface area contributed by atoms with Gasteiger partial charge in [-0.1, -0.05) is 18.2 Å². The Bertz CT molecular complexity index is 1080. The third kappa shape index (κ3) is 9.95. The molecule has 2 N–H and O–H groups in total. The van der Waals surface area contributed by atoms with Gasteiger partial charge in [0.2, 0.25) is 0 Å². The summed E-state index contributed by atoms with van der Waals surface area (Å²) in [5.41, 5.74) is 2.51. The summed E-state index contributed by atoms with van der Waals surface area (Å²) in [5, 5.41) is 14.2. The molecule has 2 atom stereocenters. The first-order chi connectivity index (χ1) is 18.7. The summed E-state index contributed by atoms with van der Waals surface area (Å²) in [7, 11) is 1.74. The van der Waals surface area contributed by atoms with Crippen molar-refractivity contribution < 1.29 is 60.4 Å². The van der Waals surface area contributed by atoms with Crippen LogP contribution in [0.2, 0.25) is 0 Å². The second-order valence-electron chi connectivity index (χ2n) is 9.01. The Morgan fingerprint density at radius 3 is 2.17 bits per heavy atom. The molecule has 0 radical (unpaired) electrons. The van der Waals surface area contributed by atoms with Gasteiger partial charge in [0.05, 0.1) is 33.5 Å². The summed E-state index contributed by atoms with van der Waals surface area (Å²) >= 11 is 0. The van der Waals surface area contributed by atoms with Crippen molar-refractivity contribution in [2.75, 3.05) is 40.0 Å². The molecule has 0 saturated carbocycles. The van der Waals surface area contributed by atoms with E-state index in [0.29, 0.717) is 12.5 Å². The molecule has 2 fully saturated rings. The number of benzene rings is 1. The van der Waals surface area contributed by atoms with Crippen molar-refractivity contribution in [1.82, 2.24) is 9.88 Å². The number of methoxy groups -OCH3 is 1. The number of rotatable bonds is 7. The van der Waals surface area contributed by atoms with Gasteiger partial charge in [-0.15, -0.1) is 0 Å². The van der Waals surface area contributed by atoms with Gasteiger partial charge in [-0.25, -0.2) is 9.59 Å². The maximum atomic E-state index is 10.6. The normalized spacial score (nSPS) is 20.4. The largest absolute Gasteiger partial charge is 0.496 e. The van der Waals surface area contributed by atoms with Crippen LogP contribution in [0, 0.1) is 11.3 Å². The zero-order valence-electron chi connectivity index (χ0n) is 21.2. The molecule has 9 nitrogen and oxygen atoms in total. The van der Waals surface area contributed by atoms with Crippen molar-refractivity contribution in [3.05, 3.63) is 59.9 Å². The van der Waals surface area contributed by atoms with Gasteiger partial charge in [-0.2, -0.15) is 26.3 Å². The number of nitrogens with zero attached hydrogens (tertiary/aromatic N) is 2. The Kier molecular flexibility index (Phi) is 11.7. The fourth-order valence-corrected chi connectivity index (χ4v) is 4.19. The summed E-state index contributed by atoms with van der Waals surface area (Å²) in [5.74, 6) is -4.02. The highest BCUT2D eigenvalue weighted by molar-refractivity contribution is 5.73. The van der Waals surface area contributed by atoms with Crippen LogP contribution in [0.4, 0.5) is 26.3 Å². The number of aliphatic carboxylic acids is 2. The molecule has 2 saturated heterocycles. The number of halogens is 6. The molecular formula is C25H28F6N2O7. The minimum Gasteiger partial charge on any atom is -0.496 e. The van der Waals surface area contributed by atoms with Gasteiger partial charge in [0.15, 0.2) is 0 Å². The molecule has 15 heteroatoms. The van der Waals surface area contributed by atoms with Crippen molar-refractivity contribution in [2.24, 2.45) is 11.3 Å². The number of aromatic nitrogens is 1. The van der Waals surface area contributed by atoms with Gasteiger partial charge in [0.1, 0.15) is 5.75 Å². The lowest BCUT2D eigenvalue weighted by atomic mass is 9.82. The molecule has 0 spiro atoms. The molecule has 2 aliphatic rings. The van der Waals surface area contributed by atoms with E-state index >= 15 is 0 Å². The standard InChI is InChI=1S/C21H26N2O3.2C2HF3O2/c1-24-20-5-3-2-4-18(20)10-23-11-19-13-26-16-21(19,14-23)15-25-12-17-6-8-22-9-7-17;2*3-2(4,5)1(6)7/h2-9,19H,10-16H2,1H3;2*(H,6,7)/t19-,21-;;/m1../s1. The van der Waals surface area contributed by atoms with Crippen molar-refractivity contribution in [1.29, 1.82) is 0 Å². The quantitative estimate of drug-likeness (QED) is 0.467. The van der Waals surface area contributed by atoms with Crippen molar-refractivity contribution in [3.63, 3.8) is 0 Å². The summed E-state index contributed by atoms with van der Waals surface area (Å²) < 4.78 is 80.9. The Balaban J connectivity index is 0.000000333. The number of carbonyl (C=O) groups is 2. The van der Waals surface area contributed by atoms with E-state index in [-0.39, 0.29) is 5.41 Å². The lowest BCUT2D eigenvalue weighted by Gasteiger charge is -2.27. The Morgan fingerprint density at radius 2 is 1.62 bits per heavy atom. The molecule has 222 valence electrons. The van der Waals surface area contributed by atoms with Crippen LogP contribution >= 0.6 is 0 Å². The fourth-order valence-electron chi connectivity index (χ4n) is 4.19. The average molecular weight is 582 g/mol. The van der Waals surface area contributed by atoms with E-state index in [4.69, 9.17) is 34.0 Å². The zero-order chi connectivity index (χ0) is 30.0. The van der Waals surface area contributed by atoms with Gasteiger partial charge >= 0.3 is 24.3 Å². The number of carboxylic acid groups (broad SMARTS) is 2. The highest BCUT2D eigenvalue weighted by Gasteiger charge is 2.50. The van der Waals surface area contributed by atoms with E-state index in [2.05, 4.69) is 22.0 Å². The number of para-hydroxylation sites is 1. The molecule has 2 aromatic rings. The molecule has 1 aromatic carbocycles. The summed E-state index contributed by atoms with van der Waals surface area (Å²) in [4.78, 5) is 24.4. The molecule has 40 heavy (non-hydrogen) atoms. The minimum absolute atomic E-state index is 0.106. The predicted octanol–water partition coefficient (Wildman–Crippen LogP) is 4.02. The number of hydrogen-bond donors (Lipinski definition) is 2. The monoisotopic (exact) mass is 582 g/mol. The van der Waals surface area contributed by atoms with Crippen LogP contribution in [-0.2, 0) is 32.2 Å². The van der Waals surface area contributed by atoms with E-state index in [1.165, 1.54) is 5.56 Å². The van der Waals surface area contributed by atoms with Crippen LogP contribution in [0.25, 0.3) is 0 Å². The van der Waals surface area contributed by atoms with Crippen LogP contribution in [0.5, 0.6) is 5.75 Å². The smallest absolute Gasteiger partial charge is 0.490 e. The van der Waals surface area contributed by atoms with Crippen LogP contribution in [0.1, 0.15) is 11.1 Å². The first-order valence-electron chi connectivity index (χ1n) is 11.7. The summed E-state index contributed by atoms with van der Waals surface area (Å²) in [6, 6.07) is 12.3. The molecule has 4 rings (SSSR count). The first-order valence-corrected chi connectivity index (χ1v) is 11.7. The predicted molar refractivity (Wildman–Crippen MR) is 126 cm³/mol. The third-order valence-corrected chi connectivity index (χ3v) is 6.07. The lowest BCUT2D eigenvalue weighted by molar-refractivity contribution is -0.193. The van der Waals surface area contributed by atoms with Crippen molar-refractivity contribution >= 4 is 11.9 Å². The Hall–Kier alpha value is -3.43. The molecular weight excluding hydrogens is 554 g/mol. The molecule has 0 unspecified atom stereocenters. The molecule has 0 amide bonds. The van der Waals surface area contributed by atoms with Gasteiger partial charge in [0.25, 0.3) is 0 Å². The van der Waals surface area contributed by atoms with E-state index in [1.54, 1.807) is 7.11 Å². The van der Waals surface area contributed by atoms with E-state index < -0.39 is 24.3 Å². The number of carboxylic acids is 2. The highest BCUT2D eigenvalue weighted by Crippen LogP contribution is 2.42. The number of fused-ring (bicyclic) bond motifs is 1. The van der Waals surface area contributed by atoms with Crippen molar-refractivity contribution in [2.45, 2.75) is 25.5 Å². The zero-order valence-corrected chi connectivity index (χ0v) is 21.2. The van der Waals surface area contributed by atoms with Crippen LogP contribution < -0.4 is 4.74 Å². The second kappa shape index (κ2) is 14.3. The molecule has 0 bridgehead atoms. The van der Waals surface area contributed by atoms with Crippen LogP contribution in [0.3, 0.4) is 0 Å². The average Bonchev–Trinajstić information content (AvgIpc) is 3.41. The van der Waals surface area contributed by atoms with Gasteiger partial charge < -0.3 is 24.4 Å². The number of ether oxygens (including phenoxy) is 3. The topological polar surface area (TPSA) is 118 Å². The van der Waals surface area contributed by atoms with Gasteiger partial charge in [0, 0.05) is 48.9 Å². The highest BCUT2D eigenvalue weighted by atomic mass is 19.4. The molecule has 2 aliphatic heterocycles. The molecule has 1 aromatic heterocycles. The lowest BCUT2D eigenvalue weighted by Crippen LogP contribution is -2.35. The van der Waals surface area contributed by atoms with Crippen molar-refractivity contribution in [3.8, 4) is 5.75 Å². The fraction of sp³-hybridized carbons (Fsp3) is 0.480. The SMILES string of the molecule is COc1ccccc1CN1C[C@@H]2COC[C@]2(COCc2ccncc2)C1.O=C(O)C(F)(F)F.O=C(O)C(F)(F)F. The Labute approximate surface area is 225 Å². The van der Waals surface area contributed by atoms with E-state index in [1.807, 2.05) is 36.7 Å². The first kappa shape index (κ1) is 32.8. The number of likely N-dealkylation sites (tertiary alicyclic amines) is 1. The summed E-state index contributed by atoms with van der Waals surface area (Å²) in [6.45, 7) is 5.96. The van der Waals surface area contributed by atoms with E-state index in [0.717, 1.165) is 50.8 Å². The number of hydrogen-bond acceptors (Lipinski definition) is 7. The number of alkyl halides is 6. The van der Waals surface area contributed by atoms with Crippen LogP contribution in [0.15, 0.2) is 48.8 Å². The van der Waals surface area contributed by atoms with E-state index in [9.17, 15) is 26.3 Å². The second-order valence-corrected chi connectivity index (χ2v) is 9.01. The maximum Gasteiger partial charge on any atom is 0.490 e. The number of pyridine rings is 1. The maximum absolute atomic E-state index is 10.6. The third-order valence-electron chi connectivity index (χ3n) is 6.07. The molecule has 0 aliphatic carbocycles. The van der Waals surface area contributed by atoms with Gasteiger partial charge in [-0.05, 0) is 23.8 Å². The minimum atomic E-state index is -5.08. The molecule has 3 heterocycles. The summed E-state index contributed by atoms with van der Waals surface area (Å²) in [6.07, 6.45) is -6.55. The van der Waals surface area contributed by atoms with Crippen LogP contribution in [-0.4, -0.2) is 84.4 Å². The Morgan fingerprint density at radius 1 is 1.05 bits per heavy atom.